The lowest BCUT2D eigenvalue weighted by molar-refractivity contribution is 0.483. The van der Waals surface area contributed by atoms with E-state index in [2.05, 4.69) is 179 Å². The minimum atomic E-state index is -0.566. The van der Waals surface area contributed by atoms with Gasteiger partial charge in [0.05, 0.1) is 28.0 Å². The molecule has 9 aromatic rings. The molecule has 10 rings (SSSR count). The molecule has 5 nitrogen and oxygen atoms in total. The monoisotopic (exact) mass is 886 g/mol. The highest BCUT2D eigenvalue weighted by molar-refractivity contribution is 6.09. The molecule has 0 amide bonds. The number of para-hydroxylation sites is 3. The molecule has 0 atom stereocenters. The van der Waals surface area contributed by atoms with Crippen LogP contribution in [0, 0.1) is 32.4 Å². The summed E-state index contributed by atoms with van der Waals surface area (Å²) in [5, 5.41) is 2.29. The second kappa shape index (κ2) is 17.5. The van der Waals surface area contributed by atoms with Crippen molar-refractivity contribution in [3.8, 4) is 39.6 Å². The minimum absolute atomic E-state index is 0.00537. The molecular formula is C60H56F2N4O. The molecule has 7 heteroatoms. The fraction of sp³-hybridized carbons (Fsp3) is 0.217. The van der Waals surface area contributed by atoms with Crippen LogP contribution in [0.2, 0.25) is 0 Å². The summed E-state index contributed by atoms with van der Waals surface area (Å²) < 4.78 is 40.1. The molecule has 336 valence electrons. The van der Waals surface area contributed by atoms with Crippen LogP contribution >= 0.6 is 0 Å². The zero-order valence-electron chi connectivity index (χ0n) is 39.6. The van der Waals surface area contributed by atoms with Crippen molar-refractivity contribution in [2.75, 3.05) is 16.5 Å². The van der Waals surface area contributed by atoms with Crippen molar-refractivity contribution >= 4 is 44.6 Å². The van der Waals surface area contributed by atoms with Crippen LogP contribution < -0.4 is 14.5 Å². The van der Waals surface area contributed by atoms with E-state index < -0.39 is 11.6 Å². The van der Waals surface area contributed by atoms with Gasteiger partial charge in [-0.3, -0.25) is 4.57 Å². The molecule has 0 saturated heterocycles. The number of benzene rings is 7. The summed E-state index contributed by atoms with van der Waals surface area (Å²) in [6.45, 7) is 17.8. The quantitative estimate of drug-likeness (QED) is 0.130. The Morgan fingerprint density at radius 2 is 1.24 bits per heavy atom. The van der Waals surface area contributed by atoms with Crippen LogP contribution in [0.5, 0.6) is 11.5 Å². The zero-order chi connectivity index (χ0) is 46.7. The molecule has 0 spiro atoms. The van der Waals surface area contributed by atoms with Gasteiger partial charge in [-0.2, -0.15) is 0 Å². The molecule has 2 aromatic heterocycles. The number of hydrogen-bond donors (Lipinski definition) is 0. The summed E-state index contributed by atoms with van der Waals surface area (Å²) in [6, 6.07) is 46.9. The van der Waals surface area contributed by atoms with E-state index in [9.17, 15) is 0 Å². The second-order valence-electron chi connectivity index (χ2n) is 18.8. The number of hydrogen-bond acceptors (Lipinski definition) is 4. The van der Waals surface area contributed by atoms with Gasteiger partial charge in [-0.15, -0.1) is 0 Å². The van der Waals surface area contributed by atoms with Crippen LogP contribution in [0.25, 0.3) is 49.9 Å². The van der Waals surface area contributed by atoms with E-state index >= 15 is 8.78 Å². The van der Waals surface area contributed by atoms with Crippen molar-refractivity contribution in [1.82, 2.24) is 9.55 Å². The Balaban J connectivity index is 1.12. The zero-order valence-corrected chi connectivity index (χ0v) is 39.6. The number of halogens is 2. The molecule has 1 aliphatic rings. The van der Waals surface area contributed by atoms with Crippen molar-refractivity contribution in [3.63, 3.8) is 0 Å². The van der Waals surface area contributed by atoms with Gasteiger partial charge in [-0.25, -0.2) is 13.8 Å². The van der Waals surface area contributed by atoms with Gasteiger partial charge in [0.15, 0.2) is 0 Å². The first-order chi connectivity index (χ1) is 32.4. The average Bonchev–Trinajstić information content (AvgIpc) is 3.84. The first-order valence-electron chi connectivity index (χ1n) is 23.5. The Bertz CT molecular complexity index is 3290. The highest BCUT2D eigenvalue weighted by Crippen LogP contribution is 2.51. The number of pyridine rings is 1. The van der Waals surface area contributed by atoms with E-state index in [1.165, 1.54) is 46.0 Å². The Morgan fingerprint density at radius 1 is 0.597 bits per heavy atom. The van der Waals surface area contributed by atoms with Crippen molar-refractivity contribution < 1.29 is 13.5 Å². The van der Waals surface area contributed by atoms with E-state index in [0.717, 1.165) is 91.4 Å². The number of aromatic nitrogens is 2. The number of rotatable bonds is 11. The summed E-state index contributed by atoms with van der Waals surface area (Å²) in [6.07, 6.45) is 3.96. The largest absolute Gasteiger partial charge is 0.457 e. The molecule has 67 heavy (non-hydrogen) atoms. The van der Waals surface area contributed by atoms with Crippen molar-refractivity contribution in [2.45, 2.75) is 80.1 Å². The molecule has 0 fully saturated rings. The minimum Gasteiger partial charge on any atom is -0.457 e. The highest BCUT2D eigenvalue weighted by Gasteiger charge is 2.33. The van der Waals surface area contributed by atoms with E-state index in [1.807, 2.05) is 18.3 Å². The number of anilines is 4. The van der Waals surface area contributed by atoms with E-state index in [0.29, 0.717) is 12.2 Å². The van der Waals surface area contributed by atoms with Crippen LogP contribution in [-0.4, -0.2) is 16.2 Å². The second-order valence-corrected chi connectivity index (χ2v) is 18.8. The fourth-order valence-corrected chi connectivity index (χ4v) is 10.4. The molecule has 0 aliphatic carbocycles. The van der Waals surface area contributed by atoms with Crippen LogP contribution in [0.1, 0.15) is 86.3 Å². The first kappa shape index (κ1) is 43.6. The molecule has 0 unspecified atom stereocenters. The van der Waals surface area contributed by atoms with E-state index in [1.54, 1.807) is 0 Å². The van der Waals surface area contributed by atoms with Gasteiger partial charge in [-0.05, 0) is 162 Å². The molecule has 3 heterocycles. The third-order valence-corrected chi connectivity index (χ3v) is 13.3. The third kappa shape index (κ3) is 7.90. The summed E-state index contributed by atoms with van der Waals surface area (Å²) in [5.74, 6) is 1.32. The van der Waals surface area contributed by atoms with Crippen LogP contribution in [0.4, 0.5) is 31.5 Å². The lowest BCUT2D eigenvalue weighted by Crippen LogP contribution is -2.26. The van der Waals surface area contributed by atoms with Gasteiger partial charge >= 0.3 is 0 Å². The summed E-state index contributed by atoms with van der Waals surface area (Å²) >= 11 is 0. The van der Waals surface area contributed by atoms with Gasteiger partial charge in [0.1, 0.15) is 35.6 Å². The first-order valence-corrected chi connectivity index (χ1v) is 23.5. The van der Waals surface area contributed by atoms with Crippen molar-refractivity contribution in [1.29, 1.82) is 0 Å². The molecule has 0 N–H and O–H groups in total. The number of ether oxygens (including phenoxy) is 1. The van der Waals surface area contributed by atoms with Crippen molar-refractivity contribution in [2.24, 2.45) is 0 Å². The lowest BCUT2D eigenvalue weighted by Gasteiger charge is -2.30. The Labute approximate surface area is 392 Å². The summed E-state index contributed by atoms with van der Waals surface area (Å²) in [5.41, 5.74) is 16.0. The van der Waals surface area contributed by atoms with E-state index in [-0.39, 0.29) is 17.4 Å². The molecule has 0 bridgehead atoms. The van der Waals surface area contributed by atoms with Gasteiger partial charge in [-0.1, -0.05) is 95.1 Å². The van der Waals surface area contributed by atoms with Gasteiger partial charge in [0.25, 0.3) is 0 Å². The molecular weight excluding hydrogens is 831 g/mol. The van der Waals surface area contributed by atoms with Gasteiger partial charge in [0, 0.05) is 40.5 Å². The summed E-state index contributed by atoms with van der Waals surface area (Å²) in [7, 11) is 0. The predicted molar refractivity (Wildman–Crippen MR) is 274 cm³/mol. The standard InChI is InChI=1S/C60H56F2N4O/c1-9-15-41-24-25-63-57(28-41)66-53-19-11-10-16-47(53)48-23-22-45(34-56(48)66)67-46-30-42(58-39(7)26-38(6)27-40(58)8)29-44(33-46)64-35-65(55-21-13-12-20-54(55)64)60-49(36(2)3)31-43(32-50(60)37(4)5)59-51(61)17-14-18-52(59)62/h10-14,16-34,36-37H,9,15,35H2,1-8H3. The van der Waals surface area contributed by atoms with Crippen LogP contribution in [0.3, 0.4) is 0 Å². The highest BCUT2D eigenvalue weighted by atomic mass is 19.1. The topological polar surface area (TPSA) is 33.5 Å². The Kier molecular flexibility index (Phi) is 11.4. The Morgan fingerprint density at radius 3 is 1.93 bits per heavy atom. The average molecular weight is 887 g/mol. The maximum atomic E-state index is 15.4. The predicted octanol–water partition coefficient (Wildman–Crippen LogP) is 17.0. The third-order valence-electron chi connectivity index (χ3n) is 13.3. The SMILES string of the molecule is CCCc1ccnc(-n2c3ccccc3c3ccc(Oc4cc(-c5c(C)cc(C)cc5C)cc(N5CN(c6c(C(C)C)cc(-c7c(F)cccc7F)cc6C(C)C)c6ccccc65)c4)cc32)c1. The number of nitrogens with zero attached hydrogens (tertiary/aromatic N) is 4. The van der Waals surface area contributed by atoms with E-state index in [4.69, 9.17) is 9.72 Å². The fourth-order valence-electron chi connectivity index (χ4n) is 10.4. The van der Waals surface area contributed by atoms with Crippen molar-refractivity contribution in [3.05, 3.63) is 191 Å². The lowest BCUT2D eigenvalue weighted by atomic mass is 9.87. The molecule has 1 aliphatic heterocycles. The summed E-state index contributed by atoms with van der Waals surface area (Å²) in [4.78, 5) is 9.63. The molecule has 0 radical (unpaired) electrons. The van der Waals surface area contributed by atoms with Gasteiger partial charge in [0.2, 0.25) is 0 Å². The normalized spacial score (nSPS) is 12.6. The molecule has 0 saturated carbocycles. The maximum absolute atomic E-state index is 15.4. The molecule has 7 aromatic carbocycles. The number of fused-ring (bicyclic) bond motifs is 4. The number of aryl methyl sites for hydroxylation is 4. The smallest absolute Gasteiger partial charge is 0.137 e. The van der Waals surface area contributed by atoms with Crippen LogP contribution in [-0.2, 0) is 6.42 Å². The van der Waals surface area contributed by atoms with Gasteiger partial charge < -0.3 is 14.5 Å². The maximum Gasteiger partial charge on any atom is 0.137 e. The Hall–Kier alpha value is -7.25. The van der Waals surface area contributed by atoms with Crippen LogP contribution in [0.15, 0.2) is 146 Å².